The Morgan fingerprint density at radius 1 is 1.18 bits per heavy atom. The van der Waals surface area contributed by atoms with Crippen LogP contribution in [-0.2, 0) is 0 Å². The molecule has 3 unspecified atom stereocenters. The van der Waals surface area contributed by atoms with Gasteiger partial charge in [0, 0.05) is 18.3 Å². The van der Waals surface area contributed by atoms with E-state index in [4.69, 9.17) is 5.73 Å². The van der Waals surface area contributed by atoms with Gasteiger partial charge in [-0.05, 0) is 56.2 Å². The Hall–Kier alpha value is -1.02. The fourth-order valence-electron chi connectivity index (χ4n) is 3.74. The van der Waals surface area contributed by atoms with E-state index in [1.807, 2.05) is 0 Å². The maximum absolute atomic E-state index is 5.72. The number of hydrogen-bond acceptors (Lipinski definition) is 2. The second kappa shape index (κ2) is 4.69. The van der Waals surface area contributed by atoms with Crippen molar-refractivity contribution in [3.05, 3.63) is 30.3 Å². The first-order valence-electron chi connectivity index (χ1n) is 6.90. The fourth-order valence-corrected chi connectivity index (χ4v) is 3.74. The normalized spacial score (nSPS) is 31.8. The van der Waals surface area contributed by atoms with Crippen LogP contribution in [0.25, 0.3) is 0 Å². The number of rotatable bonds is 3. The zero-order valence-electron chi connectivity index (χ0n) is 10.4. The van der Waals surface area contributed by atoms with Gasteiger partial charge in [0.15, 0.2) is 0 Å². The van der Waals surface area contributed by atoms with Gasteiger partial charge in [-0.25, -0.2) is 0 Å². The molecule has 92 valence electrons. The van der Waals surface area contributed by atoms with E-state index in [0.717, 1.165) is 24.4 Å². The van der Waals surface area contributed by atoms with Crippen molar-refractivity contribution in [3.63, 3.8) is 0 Å². The van der Waals surface area contributed by atoms with E-state index in [2.05, 4.69) is 35.2 Å². The van der Waals surface area contributed by atoms with Crippen LogP contribution in [0.3, 0.4) is 0 Å². The first kappa shape index (κ1) is 11.1. The van der Waals surface area contributed by atoms with E-state index in [0.29, 0.717) is 0 Å². The van der Waals surface area contributed by atoms with Crippen LogP contribution in [0.2, 0.25) is 0 Å². The van der Waals surface area contributed by atoms with Crippen LogP contribution >= 0.6 is 0 Å². The summed E-state index contributed by atoms with van der Waals surface area (Å²) in [4.78, 5) is 2.63. The Bertz CT molecular complexity index is 362. The molecular formula is C15H22N2. The number of benzene rings is 1. The van der Waals surface area contributed by atoms with Gasteiger partial charge in [-0.15, -0.1) is 0 Å². The summed E-state index contributed by atoms with van der Waals surface area (Å²) in [6.07, 6.45) is 5.35. The Morgan fingerprint density at radius 3 is 2.76 bits per heavy atom. The molecule has 1 aliphatic heterocycles. The summed E-state index contributed by atoms with van der Waals surface area (Å²) < 4.78 is 0. The highest BCUT2D eigenvalue weighted by Gasteiger charge is 2.40. The van der Waals surface area contributed by atoms with Gasteiger partial charge in [-0.3, -0.25) is 0 Å². The third kappa shape index (κ3) is 2.06. The van der Waals surface area contributed by atoms with Crippen molar-refractivity contribution in [2.24, 2.45) is 17.6 Å². The lowest BCUT2D eigenvalue weighted by Crippen LogP contribution is -2.28. The average Bonchev–Trinajstić information content (AvgIpc) is 2.73. The Morgan fingerprint density at radius 2 is 2.00 bits per heavy atom. The molecule has 2 fully saturated rings. The lowest BCUT2D eigenvalue weighted by molar-refractivity contribution is 0.268. The molecule has 0 amide bonds. The minimum absolute atomic E-state index is 0.788. The molecule has 1 aliphatic carbocycles. The third-order valence-electron chi connectivity index (χ3n) is 4.61. The zero-order chi connectivity index (χ0) is 11.7. The predicted octanol–water partition coefficient (Wildman–Crippen LogP) is 2.64. The molecule has 3 rings (SSSR count). The molecule has 2 aliphatic rings. The number of nitrogens with two attached hydrogens (primary N) is 1. The van der Waals surface area contributed by atoms with Crippen molar-refractivity contribution in [1.29, 1.82) is 0 Å². The van der Waals surface area contributed by atoms with Crippen LogP contribution in [0.15, 0.2) is 30.3 Å². The molecule has 1 saturated carbocycles. The summed E-state index contributed by atoms with van der Waals surface area (Å²) in [6, 6.07) is 11.7. The van der Waals surface area contributed by atoms with E-state index in [1.165, 1.54) is 37.9 Å². The highest BCUT2D eigenvalue weighted by molar-refractivity contribution is 5.48. The van der Waals surface area contributed by atoms with Gasteiger partial charge in [0.2, 0.25) is 0 Å². The average molecular weight is 230 g/mol. The first-order valence-corrected chi connectivity index (χ1v) is 6.90. The molecule has 1 heterocycles. The molecule has 3 atom stereocenters. The molecule has 2 heteroatoms. The number of hydrogen-bond donors (Lipinski definition) is 1. The van der Waals surface area contributed by atoms with Crippen LogP contribution in [0.5, 0.6) is 0 Å². The second-order valence-electron chi connectivity index (χ2n) is 5.55. The van der Waals surface area contributed by atoms with E-state index < -0.39 is 0 Å². The maximum Gasteiger partial charge on any atom is 0.0368 e. The van der Waals surface area contributed by atoms with Crippen LogP contribution < -0.4 is 10.6 Å². The standard InChI is InChI=1S/C15H22N2/c16-9-8-12-6-7-15-10-13(12)11-17(15)14-4-2-1-3-5-14/h1-5,12-13,15H,6-11,16H2. The van der Waals surface area contributed by atoms with Gasteiger partial charge in [0.1, 0.15) is 0 Å². The number of nitrogens with zero attached hydrogens (tertiary/aromatic N) is 1. The first-order chi connectivity index (χ1) is 8.38. The summed E-state index contributed by atoms with van der Waals surface area (Å²) in [6.45, 7) is 2.11. The lowest BCUT2D eigenvalue weighted by Gasteiger charge is -2.29. The molecule has 1 saturated heterocycles. The number of para-hydroxylation sites is 1. The summed E-state index contributed by atoms with van der Waals surface area (Å²) in [7, 11) is 0. The molecule has 1 aromatic rings. The lowest BCUT2D eigenvalue weighted by atomic mass is 9.78. The summed E-state index contributed by atoms with van der Waals surface area (Å²) in [5.41, 5.74) is 7.13. The molecule has 0 aromatic heterocycles. The van der Waals surface area contributed by atoms with Crippen LogP contribution in [-0.4, -0.2) is 19.1 Å². The SMILES string of the molecule is NCCC1CCC2CC1CN2c1ccccc1. The van der Waals surface area contributed by atoms with E-state index in [9.17, 15) is 0 Å². The van der Waals surface area contributed by atoms with Crippen LogP contribution in [0.4, 0.5) is 5.69 Å². The van der Waals surface area contributed by atoms with Gasteiger partial charge in [-0.1, -0.05) is 18.2 Å². The second-order valence-corrected chi connectivity index (χ2v) is 5.55. The van der Waals surface area contributed by atoms with Crippen molar-refractivity contribution >= 4 is 5.69 Å². The van der Waals surface area contributed by atoms with Gasteiger partial charge < -0.3 is 10.6 Å². The Kier molecular flexibility index (Phi) is 3.06. The van der Waals surface area contributed by atoms with Gasteiger partial charge >= 0.3 is 0 Å². The molecule has 0 radical (unpaired) electrons. The molecule has 2 N–H and O–H groups in total. The largest absolute Gasteiger partial charge is 0.368 e. The van der Waals surface area contributed by atoms with E-state index in [1.54, 1.807) is 0 Å². The third-order valence-corrected chi connectivity index (χ3v) is 4.61. The molecule has 2 bridgehead atoms. The maximum atomic E-state index is 5.72. The minimum Gasteiger partial charge on any atom is -0.368 e. The van der Waals surface area contributed by atoms with E-state index in [-0.39, 0.29) is 0 Å². The van der Waals surface area contributed by atoms with Crippen molar-refractivity contribution in [1.82, 2.24) is 0 Å². The number of anilines is 1. The van der Waals surface area contributed by atoms with Gasteiger partial charge in [0.25, 0.3) is 0 Å². The molecule has 1 aromatic carbocycles. The molecule has 2 nitrogen and oxygen atoms in total. The topological polar surface area (TPSA) is 29.3 Å². The predicted molar refractivity (Wildman–Crippen MR) is 72.1 cm³/mol. The molecule has 17 heavy (non-hydrogen) atoms. The highest BCUT2D eigenvalue weighted by Crippen LogP contribution is 2.42. The summed E-state index contributed by atoms with van der Waals surface area (Å²) >= 11 is 0. The summed E-state index contributed by atoms with van der Waals surface area (Å²) in [5.74, 6) is 1.77. The molecular weight excluding hydrogens is 208 g/mol. The van der Waals surface area contributed by atoms with Crippen molar-refractivity contribution in [3.8, 4) is 0 Å². The fraction of sp³-hybridized carbons (Fsp3) is 0.600. The zero-order valence-corrected chi connectivity index (χ0v) is 10.4. The Labute approximate surface area is 104 Å². The Balaban J connectivity index is 1.75. The van der Waals surface area contributed by atoms with Gasteiger partial charge in [-0.2, -0.15) is 0 Å². The van der Waals surface area contributed by atoms with E-state index >= 15 is 0 Å². The van der Waals surface area contributed by atoms with Crippen LogP contribution in [0, 0.1) is 11.8 Å². The van der Waals surface area contributed by atoms with Crippen molar-refractivity contribution < 1.29 is 0 Å². The minimum atomic E-state index is 0.788. The van der Waals surface area contributed by atoms with Crippen molar-refractivity contribution in [2.75, 3.05) is 18.0 Å². The quantitative estimate of drug-likeness (QED) is 0.865. The monoisotopic (exact) mass is 230 g/mol. The smallest absolute Gasteiger partial charge is 0.0368 e. The van der Waals surface area contributed by atoms with Gasteiger partial charge in [0.05, 0.1) is 0 Å². The number of fused-ring (bicyclic) bond motifs is 2. The highest BCUT2D eigenvalue weighted by atomic mass is 15.2. The van der Waals surface area contributed by atoms with Crippen molar-refractivity contribution in [2.45, 2.75) is 31.7 Å². The van der Waals surface area contributed by atoms with Crippen LogP contribution in [0.1, 0.15) is 25.7 Å². The summed E-state index contributed by atoms with van der Waals surface area (Å²) in [5, 5.41) is 0. The molecule has 0 spiro atoms.